The van der Waals surface area contributed by atoms with Crippen LogP contribution in [0.5, 0.6) is 17.2 Å². The first-order valence-corrected chi connectivity index (χ1v) is 6.75. The van der Waals surface area contributed by atoms with Crippen molar-refractivity contribution in [3.8, 4) is 17.2 Å². The quantitative estimate of drug-likeness (QED) is 0.445. The van der Waals surface area contributed by atoms with Gasteiger partial charge >= 0.3 is 0 Å². The van der Waals surface area contributed by atoms with Crippen LogP contribution in [-0.2, 0) is 0 Å². The van der Waals surface area contributed by atoms with Gasteiger partial charge in [-0.05, 0) is 43.3 Å². The Kier molecular flexibility index (Phi) is 5.19. The van der Waals surface area contributed by atoms with Crippen LogP contribution in [0.1, 0.15) is 5.56 Å². The maximum absolute atomic E-state index is 10.7. The monoisotopic (exact) mass is 303 g/mol. The Bertz CT molecular complexity index is 639. The molecule has 6 heteroatoms. The highest BCUT2D eigenvalue weighted by Crippen LogP contribution is 2.23. The Morgan fingerprint density at radius 2 is 1.50 bits per heavy atom. The molecule has 0 saturated heterocycles. The van der Waals surface area contributed by atoms with E-state index in [1.54, 1.807) is 26.2 Å². The van der Waals surface area contributed by atoms with Crippen LogP contribution >= 0.6 is 0 Å². The van der Waals surface area contributed by atoms with Crippen molar-refractivity contribution in [3.63, 3.8) is 0 Å². The molecule has 0 fully saturated rings. The second-order valence-electron chi connectivity index (χ2n) is 4.58. The topological polar surface area (TPSA) is 70.8 Å². The summed E-state index contributed by atoms with van der Waals surface area (Å²) in [6.45, 7) is 2.41. The smallest absolute Gasteiger partial charge is 0.272 e. The number of ether oxygens (including phenoxy) is 3. The lowest BCUT2D eigenvalue weighted by atomic mass is 10.2. The van der Waals surface area contributed by atoms with Crippen molar-refractivity contribution in [3.05, 3.63) is 58.1 Å². The van der Waals surface area contributed by atoms with Crippen molar-refractivity contribution < 1.29 is 19.1 Å². The normalized spacial score (nSPS) is 10.1. The number of hydrogen-bond donors (Lipinski definition) is 0. The van der Waals surface area contributed by atoms with Crippen LogP contribution in [-0.4, -0.2) is 25.2 Å². The number of methoxy groups -OCH3 is 1. The number of rotatable bonds is 7. The zero-order chi connectivity index (χ0) is 15.9. The van der Waals surface area contributed by atoms with Crippen molar-refractivity contribution in [2.45, 2.75) is 6.92 Å². The molecule has 2 rings (SSSR count). The highest BCUT2D eigenvalue weighted by molar-refractivity contribution is 5.44. The van der Waals surface area contributed by atoms with Crippen molar-refractivity contribution in [2.24, 2.45) is 0 Å². The standard InChI is InChI=1S/C16H17NO5/c1-12-11-15(7-8-16(12)17(18)19)22-10-9-21-14-5-3-13(20-2)4-6-14/h3-8,11H,9-10H2,1-2H3. The fourth-order valence-corrected chi connectivity index (χ4v) is 1.91. The van der Waals surface area contributed by atoms with Crippen molar-refractivity contribution in [1.82, 2.24) is 0 Å². The molecule has 0 spiro atoms. The van der Waals surface area contributed by atoms with E-state index in [2.05, 4.69) is 0 Å². The van der Waals surface area contributed by atoms with Gasteiger partial charge in [0.1, 0.15) is 30.5 Å². The molecular weight excluding hydrogens is 286 g/mol. The molecule has 0 amide bonds. The number of nitro benzene ring substituents is 1. The van der Waals surface area contributed by atoms with Gasteiger partial charge in [-0.1, -0.05) is 0 Å². The van der Waals surface area contributed by atoms with Crippen LogP contribution in [0.4, 0.5) is 5.69 Å². The largest absolute Gasteiger partial charge is 0.497 e. The molecule has 22 heavy (non-hydrogen) atoms. The van der Waals surface area contributed by atoms with Crippen LogP contribution in [0.3, 0.4) is 0 Å². The Morgan fingerprint density at radius 1 is 0.955 bits per heavy atom. The zero-order valence-corrected chi connectivity index (χ0v) is 12.4. The first-order chi connectivity index (χ1) is 10.6. The van der Waals surface area contributed by atoms with Gasteiger partial charge in [0.2, 0.25) is 0 Å². The molecule has 0 N–H and O–H groups in total. The Balaban J connectivity index is 1.81. The molecule has 0 bridgehead atoms. The molecule has 2 aromatic rings. The van der Waals surface area contributed by atoms with Crippen LogP contribution in [0, 0.1) is 17.0 Å². The first kappa shape index (κ1) is 15.6. The molecule has 0 unspecified atom stereocenters. The third-order valence-corrected chi connectivity index (χ3v) is 3.05. The SMILES string of the molecule is COc1ccc(OCCOc2ccc([N+](=O)[O-])c(C)c2)cc1. The van der Waals surface area contributed by atoms with Crippen LogP contribution in [0.2, 0.25) is 0 Å². The van der Waals surface area contributed by atoms with E-state index >= 15 is 0 Å². The summed E-state index contributed by atoms with van der Waals surface area (Å²) in [4.78, 5) is 10.3. The lowest BCUT2D eigenvalue weighted by Crippen LogP contribution is -2.09. The molecular formula is C16H17NO5. The van der Waals surface area contributed by atoms with Gasteiger partial charge in [-0.3, -0.25) is 10.1 Å². The summed E-state index contributed by atoms with van der Waals surface area (Å²) < 4.78 is 16.1. The van der Waals surface area contributed by atoms with E-state index in [-0.39, 0.29) is 5.69 Å². The molecule has 0 saturated carbocycles. The molecule has 0 aliphatic carbocycles. The van der Waals surface area contributed by atoms with E-state index < -0.39 is 4.92 Å². The summed E-state index contributed by atoms with van der Waals surface area (Å²) in [6, 6.07) is 11.9. The number of benzene rings is 2. The fourth-order valence-electron chi connectivity index (χ4n) is 1.91. The van der Waals surface area contributed by atoms with Crippen LogP contribution < -0.4 is 14.2 Å². The van der Waals surface area contributed by atoms with E-state index in [0.29, 0.717) is 24.5 Å². The molecule has 0 heterocycles. The van der Waals surface area contributed by atoms with Gasteiger partial charge in [-0.15, -0.1) is 0 Å². The fraction of sp³-hybridized carbons (Fsp3) is 0.250. The first-order valence-electron chi connectivity index (χ1n) is 6.75. The summed E-state index contributed by atoms with van der Waals surface area (Å²) >= 11 is 0. The third kappa shape index (κ3) is 4.12. The van der Waals surface area contributed by atoms with E-state index in [9.17, 15) is 10.1 Å². The molecule has 0 radical (unpaired) electrons. The lowest BCUT2D eigenvalue weighted by Gasteiger charge is -2.09. The van der Waals surface area contributed by atoms with Crippen LogP contribution in [0.15, 0.2) is 42.5 Å². The van der Waals surface area contributed by atoms with E-state index in [0.717, 1.165) is 11.5 Å². The van der Waals surface area contributed by atoms with E-state index in [1.807, 2.05) is 24.3 Å². The summed E-state index contributed by atoms with van der Waals surface area (Å²) in [5.74, 6) is 2.08. The minimum absolute atomic E-state index is 0.0850. The summed E-state index contributed by atoms with van der Waals surface area (Å²) in [6.07, 6.45) is 0. The van der Waals surface area contributed by atoms with Gasteiger partial charge in [-0.2, -0.15) is 0 Å². The molecule has 0 aliphatic rings. The van der Waals surface area contributed by atoms with Crippen molar-refractivity contribution in [2.75, 3.05) is 20.3 Å². The highest BCUT2D eigenvalue weighted by atomic mass is 16.6. The van der Waals surface area contributed by atoms with Crippen molar-refractivity contribution in [1.29, 1.82) is 0 Å². The third-order valence-electron chi connectivity index (χ3n) is 3.05. The number of aryl methyl sites for hydroxylation is 1. The maximum Gasteiger partial charge on any atom is 0.272 e. The van der Waals surface area contributed by atoms with Gasteiger partial charge in [0.05, 0.1) is 12.0 Å². The molecule has 0 aliphatic heterocycles. The zero-order valence-electron chi connectivity index (χ0n) is 12.4. The summed E-state index contributed by atoms with van der Waals surface area (Å²) in [7, 11) is 1.61. The molecule has 0 aromatic heterocycles. The lowest BCUT2D eigenvalue weighted by molar-refractivity contribution is -0.385. The average Bonchev–Trinajstić information content (AvgIpc) is 2.52. The van der Waals surface area contributed by atoms with E-state index in [1.165, 1.54) is 6.07 Å². The molecule has 6 nitrogen and oxygen atoms in total. The van der Waals surface area contributed by atoms with Gasteiger partial charge in [-0.25, -0.2) is 0 Å². The predicted octanol–water partition coefficient (Wildman–Crippen LogP) is 3.37. The van der Waals surface area contributed by atoms with Crippen molar-refractivity contribution >= 4 is 5.69 Å². The maximum atomic E-state index is 10.7. The Labute approximate surface area is 128 Å². The number of hydrogen-bond acceptors (Lipinski definition) is 5. The summed E-state index contributed by atoms with van der Waals surface area (Å²) in [5, 5.41) is 10.7. The highest BCUT2D eigenvalue weighted by Gasteiger charge is 2.10. The summed E-state index contributed by atoms with van der Waals surface area (Å²) in [5.41, 5.74) is 0.653. The molecule has 116 valence electrons. The average molecular weight is 303 g/mol. The van der Waals surface area contributed by atoms with Crippen LogP contribution in [0.25, 0.3) is 0 Å². The second-order valence-corrected chi connectivity index (χ2v) is 4.58. The minimum Gasteiger partial charge on any atom is -0.497 e. The minimum atomic E-state index is -0.411. The molecule has 2 aromatic carbocycles. The Morgan fingerprint density at radius 3 is 2.05 bits per heavy atom. The van der Waals surface area contributed by atoms with E-state index in [4.69, 9.17) is 14.2 Å². The number of nitro groups is 1. The number of nitrogens with zero attached hydrogens (tertiary/aromatic N) is 1. The predicted molar refractivity (Wildman–Crippen MR) is 81.8 cm³/mol. The Hall–Kier alpha value is -2.76. The van der Waals surface area contributed by atoms with Gasteiger partial charge in [0.25, 0.3) is 5.69 Å². The molecule has 0 atom stereocenters. The second kappa shape index (κ2) is 7.31. The van der Waals surface area contributed by atoms with Gasteiger partial charge < -0.3 is 14.2 Å². The van der Waals surface area contributed by atoms with Gasteiger partial charge in [0, 0.05) is 11.6 Å². The van der Waals surface area contributed by atoms with Gasteiger partial charge in [0.15, 0.2) is 0 Å².